The van der Waals surface area contributed by atoms with E-state index in [1.807, 2.05) is 6.92 Å². The number of likely N-dealkylation sites (tertiary alicyclic amines) is 1. The van der Waals surface area contributed by atoms with E-state index in [2.05, 4.69) is 10.4 Å². The van der Waals surface area contributed by atoms with E-state index in [-0.39, 0.29) is 29.9 Å². The van der Waals surface area contributed by atoms with Gasteiger partial charge in [0.05, 0.1) is 13.2 Å². The molecule has 0 saturated carbocycles. The fraction of sp³-hybridized carbons (Fsp3) is 0.545. The summed E-state index contributed by atoms with van der Waals surface area (Å²) in [5.74, 6) is 0.484. The number of benzene rings is 1. The molecule has 0 spiro atoms. The molecule has 1 aromatic carbocycles. The number of carbonyl (C=O) groups is 1. The lowest BCUT2D eigenvalue weighted by molar-refractivity contribution is -0.173. The van der Waals surface area contributed by atoms with Crippen molar-refractivity contribution in [3.8, 4) is 5.75 Å². The van der Waals surface area contributed by atoms with E-state index in [4.69, 9.17) is 4.74 Å². The average molecular weight is 436 g/mol. The number of carbonyl (C=O) groups excluding carboxylic acids is 1. The van der Waals surface area contributed by atoms with Crippen molar-refractivity contribution in [2.24, 2.45) is 0 Å². The zero-order valence-corrected chi connectivity index (χ0v) is 17.7. The number of nitrogens with zero attached hydrogens (tertiary/aromatic N) is 3. The Morgan fingerprint density at radius 2 is 2.10 bits per heavy atom. The quantitative estimate of drug-likeness (QED) is 0.736. The lowest BCUT2D eigenvalue weighted by atomic mass is 9.97. The Morgan fingerprint density at radius 1 is 1.29 bits per heavy atom. The summed E-state index contributed by atoms with van der Waals surface area (Å²) in [6.45, 7) is 2.64. The first-order valence-corrected chi connectivity index (χ1v) is 10.7. The van der Waals surface area contributed by atoms with Crippen LogP contribution in [-0.4, -0.2) is 46.5 Å². The molecule has 168 valence electrons. The van der Waals surface area contributed by atoms with E-state index < -0.39 is 18.3 Å². The molecule has 1 fully saturated rings. The summed E-state index contributed by atoms with van der Waals surface area (Å²) in [5.41, 5.74) is 0.749. The first-order valence-electron chi connectivity index (χ1n) is 10.7. The molecular formula is C22H27F3N4O2. The van der Waals surface area contributed by atoms with Gasteiger partial charge in [-0.1, -0.05) is 19.1 Å². The standard InChI is InChI=1S/C22H27F3N4O2/c1-3-15-8-4-5-10-28(15)21(30)18-13-20-26-17(14-7-6-9-16(11-14)31-2)12-19(22(23,24)25)29(20)27-18/h6-7,9,11,13,15,17,19,26H,3-5,8,10,12H2,1-2H3. The summed E-state index contributed by atoms with van der Waals surface area (Å²) < 4.78 is 47.9. The molecule has 2 aromatic rings. The van der Waals surface area contributed by atoms with Crippen LogP contribution >= 0.6 is 0 Å². The molecule has 2 aliphatic heterocycles. The van der Waals surface area contributed by atoms with Crippen LogP contribution in [0.2, 0.25) is 0 Å². The predicted octanol–water partition coefficient (Wildman–Crippen LogP) is 4.96. The second kappa shape index (κ2) is 8.43. The van der Waals surface area contributed by atoms with Crippen LogP contribution in [0.4, 0.5) is 19.0 Å². The van der Waals surface area contributed by atoms with Crippen molar-refractivity contribution in [1.29, 1.82) is 0 Å². The van der Waals surface area contributed by atoms with Crippen LogP contribution in [-0.2, 0) is 0 Å². The maximum atomic E-state index is 13.9. The van der Waals surface area contributed by atoms with Crippen molar-refractivity contribution >= 4 is 11.7 Å². The van der Waals surface area contributed by atoms with Gasteiger partial charge in [0, 0.05) is 25.1 Å². The van der Waals surface area contributed by atoms with Crippen molar-refractivity contribution in [2.75, 3.05) is 19.0 Å². The van der Waals surface area contributed by atoms with E-state index in [1.165, 1.54) is 13.2 Å². The summed E-state index contributed by atoms with van der Waals surface area (Å²) in [6.07, 6.45) is -1.02. The number of fused-ring (bicyclic) bond motifs is 1. The molecule has 3 unspecified atom stereocenters. The zero-order chi connectivity index (χ0) is 22.2. The molecule has 0 aliphatic carbocycles. The van der Waals surface area contributed by atoms with Gasteiger partial charge in [-0.3, -0.25) is 4.79 Å². The Hall–Kier alpha value is -2.71. The fourth-order valence-corrected chi connectivity index (χ4v) is 4.59. The van der Waals surface area contributed by atoms with Gasteiger partial charge in [0.15, 0.2) is 11.7 Å². The number of halogens is 3. The molecule has 9 heteroatoms. The number of anilines is 1. The number of amides is 1. The SMILES string of the molecule is CCC1CCCCN1C(=O)c1cc2n(n1)C(C(F)(F)F)CC(c1cccc(OC)c1)N2. The highest BCUT2D eigenvalue weighted by molar-refractivity contribution is 5.93. The third-order valence-electron chi connectivity index (χ3n) is 6.26. The number of piperidine rings is 1. The molecule has 3 atom stereocenters. The largest absolute Gasteiger partial charge is 0.497 e. The number of rotatable bonds is 4. The van der Waals surface area contributed by atoms with E-state index in [1.54, 1.807) is 29.2 Å². The maximum absolute atomic E-state index is 13.9. The van der Waals surface area contributed by atoms with Crippen molar-refractivity contribution in [1.82, 2.24) is 14.7 Å². The minimum absolute atomic E-state index is 0.0587. The van der Waals surface area contributed by atoms with Gasteiger partial charge in [0.25, 0.3) is 5.91 Å². The first-order chi connectivity index (χ1) is 14.8. The van der Waals surface area contributed by atoms with Gasteiger partial charge in [-0.05, 0) is 43.4 Å². The lowest BCUT2D eigenvalue weighted by Crippen LogP contribution is -2.43. The number of nitrogens with one attached hydrogen (secondary N) is 1. The second-order valence-corrected chi connectivity index (χ2v) is 8.18. The molecule has 0 bridgehead atoms. The summed E-state index contributed by atoms with van der Waals surface area (Å²) in [6, 6.07) is 6.16. The number of aromatic nitrogens is 2. The number of ether oxygens (including phenoxy) is 1. The van der Waals surface area contributed by atoms with Crippen LogP contribution in [0.3, 0.4) is 0 Å². The Labute approximate surface area is 179 Å². The number of hydrogen-bond donors (Lipinski definition) is 1. The monoisotopic (exact) mass is 436 g/mol. The molecule has 6 nitrogen and oxygen atoms in total. The smallest absolute Gasteiger partial charge is 0.410 e. The maximum Gasteiger partial charge on any atom is 0.410 e. The van der Waals surface area contributed by atoms with Crippen LogP contribution in [0, 0.1) is 0 Å². The van der Waals surface area contributed by atoms with Crippen LogP contribution in [0.1, 0.15) is 67.2 Å². The summed E-state index contributed by atoms with van der Waals surface area (Å²) in [5, 5.41) is 7.27. The molecule has 2 aliphatic rings. The van der Waals surface area contributed by atoms with Crippen LogP contribution in [0.15, 0.2) is 30.3 Å². The van der Waals surface area contributed by atoms with Gasteiger partial charge >= 0.3 is 6.18 Å². The third-order valence-corrected chi connectivity index (χ3v) is 6.26. The van der Waals surface area contributed by atoms with Gasteiger partial charge in [0.1, 0.15) is 11.6 Å². The minimum atomic E-state index is -4.49. The van der Waals surface area contributed by atoms with Crippen LogP contribution in [0.5, 0.6) is 5.75 Å². The molecule has 0 radical (unpaired) electrons. The molecule has 3 heterocycles. The van der Waals surface area contributed by atoms with Crippen molar-refractivity contribution in [3.63, 3.8) is 0 Å². The van der Waals surface area contributed by atoms with Gasteiger partial charge in [-0.2, -0.15) is 18.3 Å². The average Bonchev–Trinajstić information content (AvgIpc) is 3.21. The molecule has 1 aromatic heterocycles. The zero-order valence-electron chi connectivity index (χ0n) is 17.7. The lowest BCUT2D eigenvalue weighted by Gasteiger charge is -2.34. The van der Waals surface area contributed by atoms with Crippen LogP contribution in [0.25, 0.3) is 0 Å². The second-order valence-electron chi connectivity index (χ2n) is 8.18. The van der Waals surface area contributed by atoms with Crippen molar-refractivity contribution in [2.45, 2.75) is 63.3 Å². The van der Waals surface area contributed by atoms with E-state index in [0.29, 0.717) is 17.9 Å². The summed E-state index contributed by atoms with van der Waals surface area (Å²) in [4.78, 5) is 14.9. The Morgan fingerprint density at radius 3 is 2.81 bits per heavy atom. The Balaban J connectivity index is 1.66. The Kier molecular flexibility index (Phi) is 5.85. The normalized spacial score (nSPS) is 23.8. The first kappa shape index (κ1) is 21.5. The molecule has 1 amide bonds. The van der Waals surface area contributed by atoms with Gasteiger partial charge in [-0.15, -0.1) is 0 Å². The van der Waals surface area contributed by atoms with E-state index >= 15 is 0 Å². The molecule has 1 N–H and O–H groups in total. The van der Waals surface area contributed by atoms with Gasteiger partial charge in [-0.25, -0.2) is 4.68 Å². The highest BCUT2D eigenvalue weighted by atomic mass is 19.4. The number of alkyl halides is 3. The topological polar surface area (TPSA) is 59.4 Å². The number of hydrogen-bond acceptors (Lipinski definition) is 4. The highest BCUT2D eigenvalue weighted by Gasteiger charge is 2.47. The van der Waals surface area contributed by atoms with Crippen molar-refractivity contribution in [3.05, 3.63) is 41.6 Å². The van der Waals surface area contributed by atoms with E-state index in [0.717, 1.165) is 30.4 Å². The number of methoxy groups -OCH3 is 1. The third kappa shape index (κ3) is 4.22. The molecule has 31 heavy (non-hydrogen) atoms. The molecule has 4 rings (SSSR count). The summed E-state index contributed by atoms with van der Waals surface area (Å²) in [7, 11) is 1.52. The van der Waals surface area contributed by atoms with Gasteiger partial charge in [0.2, 0.25) is 0 Å². The van der Waals surface area contributed by atoms with Gasteiger partial charge < -0.3 is 15.0 Å². The van der Waals surface area contributed by atoms with Crippen LogP contribution < -0.4 is 10.1 Å². The predicted molar refractivity (Wildman–Crippen MR) is 110 cm³/mol. The molecular weight excluding hydrogens is 409 g/mol. The fourth-order valence-electron chi connectivity index (χ4n) is 4.59. The molecule has 1 saturated heterocycles. The van der Waals surface area contributed by atoms with Crippen molar-refractivity contribution < 1.29 is 22.7 Å². The summed E-state index contributed by atoms with van der Waals surface area (Å²) >= 11 is 0. The van der Waals surface area contributed by atoms with E-state index in [9.17, 15) is 18.0 Å². The minimum Gasteiger partial charge on any atom is -0.497 e. The Bertz CT molecular complexity index is 943. The highest BCUT2D eigenvalue weighted by Crippen LogP contribution is 2.44.